The third-order valence-electron chi connectivity index (χ3n) is 2.71. The zero-order valence-corrected chi connectivity index (χ0v) is 9.20. The lowest BCUT2D eigenvalue weighted by Gasteiger charge is -2.16. The van der Waals surface area contributed by atoms with Crippen LogP contribution in [0.15, 0.2) is 10.9 Å². The molecule has 0 amide bonds. The van der Waals surface area contributed by atoms with Gasteiger partial charge in [0.1, 0.15) is 0 Å². The average molecular weight is 217 g/mol. The van der Waals surface area contributed by atoms with E-state index in [0.717, 1.165) is 37.2 Å². The smallest absolute Gasteiger partial charge is 0.267 e. The highest BCUT2D eigenvalue weighted by molar-refractivity contribution is 5.20. The van der Waals surface area contributed by atoms with Gasteiger partial charge in [0.2, 0.25) is 0 Å². The van der Waals surface area contributed by atoms with Crippen molar-refractivity contribution < 1.29 is 0 Å². The largest absolute Gasteiger partial charge is 0.312 e. The normalized spacial score (nSPS) is 14.2. The quantitative estimate of drug-likeness (QED) is 0.585. The van der Waals surface area contributed by atoms with Crippen LogP contribution in [0.1, 0.15) is 24.1 Å². The van der Waals surface area contributed by atoms with Crippen LogP contribution < -0.4 is 10.9 Å². The van der Waals surface area contributed by atoms with Crippen LogP contribution in [0, 0.1) is 12.3 Å². The van der Waals surface area contributed by atoms with Crippen molar-refractivity contribution in [3.63, 3.8) is 0 Å². The second-order valence-electron chi connectivity index (χ2n) is 3.91. The van der Waals surface area contributed by atoms with E-state index in [1.807, 2.05) is 0 Å². The van der Waals surface area contributed by atoms with Crippen molar-refractivity contribution in [3.8, 4) is 12.3 Å². The van der Waals surface area contributed by atoms with E-state index in [4.69, 9.17) is 6.42 Å². The lowest BCUT2D eigenvalue weighted by Crippen LogP contribution is -2.31. The van der Waals surface area contributed by atoms with Gasteiger partial charge >= 0.3 is 0 Å². The summed E-state index contributed by atoms with van der Waals surface area (Å²) in [6.07, 6.45) is 7.56. The first kappa shape index (κ1) is 10.9. The molecule has 2 rings (SSSR count). The minimum atomic E-state index is -0.0283. The molecule has 0 saturated heterocycles. The van der Waals surface area contributed by atoms with Crippen LogP contribution in [0.25, 0.3) is 0 Å². The molecule has 1 aromatic heterocycles. The van der Waals surface area contributed by atoms with Gasteiger partial charge in [0, 0.05) is 38.5 Å². The molecule has 1 N–H and O–H groups in total. The van der Waals surface area contributed by atoms with E-state index in [-0.39, 0.29) is 5.56 Å². The summed E-state index contributed by atoms with van der Waals surface area (Å²) in [7, 11) is 0. The topological polar surface area (TPSA) is 46.9 Å². The molecule has 0 aliphatic carbocycles. The van der Waals surface area contributed by atoms with E-state index in [1.54, 1.807) is 6.07 Å². The Kier molecular flexibility index (Phi) is 3.37. The van der Waals surface area contributed by atoms with Gasteiger partial charge in [0.25, 0.3) is 5.56 Å². The molecule has 0 fully saturated rings. The minimum absolute atomic E-state index is 0.0283. The van der Waals surface area contributed by atoms with Crippen molar-refractivity contribution in [2.75, 3.05) is 6.54 Å². The number of aromatic nitrogens is 2. The number of hydrogen-bond donors (Lipinski definition) is 1. The molecule has 4 nitrogen and oxygen atoms in total. The van der Waals surface area contributed by atoms with E-state index in [1.165, 1.54) is 4.68 Å². The van der Waals surface area contributed by atoms with Crippen LogP contribution in [0.4, 0.5) is 0 Å². The van der Waals surface area contributed by atoms with E-state index in [0.29, 0.717) is 13.0 Å². The molecule has 0 aromatic carbocycles. The molecule has 0 bridgehead atoms. The van der Waals surface area contributed by atoms with E-state index >= 15 is 0 Å². The summed E-state index contributed by atoms with van der Waals surface area (Å²) >= 11 is 0. The number of terminal acetylenes is 1. The zero-order chi connectivity index (χ0) is 11.4. The van der Waals surface area contributed by atoms with Gasteiger partial charge in [-0.3, -0.25) is 4.79 Å². The lowest BCUT2D eigenvalue weighted by molar-refractivity contribution is 0.519. The second kappa shape index (κ2) is 4.95. The minimum Gasteiger partial charge on any atom is -0.312 e. The molecular weight excluding hydrogens is 202 g/mol. The Morgan fingerprint density at radius 3 is 3.31 bits per heavy atom. The maximum Gasteiger partial charge on any atom is 0.267 e. The Morgan fingerprint density at radius 1 is 1.62 bits per heavy atom. The van der Waals surface area contributed by atoms with Crippen molar-refractivity contribution in [3.05, 3.63) is 27.7 Å². The van der Waals surface area contributed by atoms with Gasteiger partial charge in [-0.1, -0.05) is 0 Å². The van der Waals surface area contributed by atoms with Gasteiger partial charge in [-0.25, -0.2) is 4.68 Å². The van der Waals surface area contributed by atoms with Crippen LogP contribution in [0.3, 0.4) is 0 Å². The van der Waals surface area contributed by atoms with Crippen LogP contribution in [-0.2, 0) is 19.5 Å². The molecule has 1 aromatic rings. The number of aryl methyl sites for hydroxylation is 1. The first-order valence-electron chi connectivity index (χ1n) is 5.55. The average Bonchev–Trinajstić information content (AvgIpc) is 2.30. The second-order valence-corrected chi connectivity index (χ2v) is 3.91. The number of unbranched alkanes of at least 4 members (excludes halogenated alkanes) is 1. The number of fused-ring (bicyclic) bond motifs is 1. The number of nitrogens with zero attached hydrogens (tertiary/aromatic N) is 2. The molecule has 0 atom stereocenters. The third kappa shape index (κ3) is 2.31. The summed E-state index contributed by atoms with van der Waals surface area (Å²) in [5.41, 5.74) is 2.04. The van der Waals surface area contributed by atoms with Crippen LogP contribution in [0.2, 0.25) is 0 Å². The maximum atomic E-state index is 11.7. The van der Waals surface area contributed by atoms with Gasteiger partial charge < -0.3 is 5.32 Å². The SMILES string of the molecule is C#CCCCn1nc2c(cc1=O)CNCC2. The van der Waals surface area contributed by atoms with E-state index < -0.39 is 0 Å². The van der Waals surface area contributed by atoms with Crippen LogP contribution in [0.5, 0.6) is 0 Å². The van der Waals surface area contributed by atoms with Gasteiger partial charge in [0.15, 0.2) is 0 Å². The van der Waals surface area contributed by atoms with Crippen LogP contribution in [-0.4, -0.2) is 16.3 Å². The summed E-state index contributed by atoms with van der Waals surface area (Å²) in [4.78, 5) is 11.7. The predicted molar refractivity (Wildman–Crippen MR) is 62.0 cm³/mol. The van der Waals surface area contributed by atoms with Crippen molar-refractivity contribution in [2.45, 2.75) is 32.4 Å². The molecule has 16 heavy (non-hydrogen) atoms. The fraction of sp³-hybridized carbons (Fsp3) is 0.500. The molecule has 1 aliphatic rings. The highest BCUT2D eigenvalue weighted by Crippen LogP contribution is 2.07. The number of nitrogens with one attached hydrogen (secondary N) is 1. The van der Waals surface area contributed by atoms with E-state index in [2.05, 4.69) is 16.3 Å². The van der Waals surface area contributed by atoms with Crippen LogP contribution >= 0.6 is 0 Å². The molecule has 0 saturated carbocycles. The highest BCUT2D eigenvalue weighted by atomic mass is 16.1. The van der Waals surface area contributed by atoms with Gasteiger partial charge in [-0.2, -0.15) is 5.10 Å². The summed E-state index contributed by atoms with van der Waals surface area (Å²) in [6, 6.07) is 1.68. The zero-order valence-electron chi connectivity index (χ0n) is 9.20. The molecule has 84 valence electrons. The Bertz CT molecular complexity index is 470. The summed E-state index contributed by atoms with van der Waals surface area (Å²) < 4.78 is 1.53. The number of hydrogen-bond acceptors (Lipinski definition) is 3. The first-order valence-corrected chi connectivity index (χ1v) is 5.55. The van der Waals surface area contributed by atoms with E-state index in [9.17, 15) is 4.79 Å². The van der Waals surface area contributed by atoms with Crippen molar-refractivity contribution in [1.29, 1.82) is 0 Å². The van der Waals surface area contributed by atoms with Crippen molar-refractivity contribution in [1.82, 2.24) is 15.1 Å². The molecule has 2 heterocycles. The Balaban J connectivity index is 2.19. The molecular formula is C12H15N3O. The highest BCUT2D eigenvalue weighted by Gasteiger charge is 2.12. The van der Waals surface area contributed by atoms with Crippen molar-refractivity contribution in [2.24, 2.45) is 0 Å². The third-order valence-corrected chi connectivity index (χ3v) is 2.71. The Morgan fingerprint density at radius 2 is 2.50 bits per heavy atom. The summed E-state index contributed by atoms with van der Waals surface area (Å²) in [6.45, 7) is 2.30. The fourth-order valence-electron chi connectivity index (χ4n) is 1.85. The van der Waals surface area contributed by atoms with Gasteiger partial charge in [-0.15, -0.1) is 12.3 Å². The molecule has 0 spiro atoms. The maximum absolute atomic E-state index is 11.7. The summed E-state index contributed by atoms with van der Waals surface area (Å²) in [5, 5.41) is 7.61. The fourth-order valence-corrected chi connectivity index (χ4v) is 1.85. The Hall–Kier alpha value is -1.60. The van der Waals surface area contributed by atoms with Gasteiger partial charge in [-0.05, 0) is 12.0 Å². The Labute approximate surface area is 94.7 Å². The number of rotatable bonds is 3. The summed E-state index contributed by atoms with van der Waals surface area (Å²) in [5.74, 6) is 2.57. The standard InChI is InChI=1S/C12H15N3O/c1-2-3-4-7-15-12(16)8-10-9-13-6-5-11(10)14-15/h1,8,13H,3-7,9H2. The first-order chi connectivity index (χ1) is 7.81. The lowest BCUT2D eigenvalue weighted by atomic mass is 10.1. The molecule has 0 unspecified atom stereocenters. The monoisotopic (exact) mass is 217 g/mol. The molecule has 1 aliphatic heterocycles. The van der Waals surface area contributed by atoms with Gasteiger partial charge in [0.05, 0.1) is 5.69 Å². The predicted octanol–water partition coefficient (Wildman–Crippen LogP) is 0.302. The molecule has 0 radical (unpaired) electrons. The molecule has 4 heteroatoms. The van der Waals surface area contributed by atoms with Crippen molar-refractivity contribution >= 4 is 0 Å².